The van der Waals surface area contributed by atoms with Crippen LogP contribution in [0.15, 0.2) is 30.3 Å². The highest BCUT2D eigenvalue weighted by Gasteiger charge is 2.15. The fourth-order valence-corrected chi connectivity index (χ4v) is 2.13. The van der Waals surface area contributed by atoms with Crippen LogP contribution >= 0.6 is 0 Å². The third-order valence-electron chi connectivity index (χ3n) is 3.32. The summed E-state index contributed by atoms with van der Waals surface area (Å²) in [6.07, 6.45) is 0. The lowest BCUT2D eigenvalue weighted by Gasteiger charge is -2.09. The molecule has 2 nitrogen and oxygen atoms in total. The van der Waals surface area contributed by atoms with E-state index >= 15 is 0 Å². The zero-order valence-corrected chi connectivity index (χ0v) is 11.3. The molecule has 2 N–H and O–H groups in total. The number of hydrogen-bond acceptors (Lipinski definition) is 2. The van der Waals surface area contributed by atoms with Crippen molar-refractivity contribution in [1.29, 1.82) is 0 Å². The van der Waals surface area contributed by atoms with Crippen molar-refractivity contribution in [2.75, 3.05) is 5.73 Å². The molecule has 0 aromatic heterocycles. The SMILES string of the molecule is Cc1cc(C(=O)c2cccc(N)c2C)cc(C)c1F. The maximum atomic E-state index is 13.6. The number of aryl methyl sites for hydroxylation is 2. The van der Waals surface area contributed by atoms with Gasteiger partial charge in [0.05, 0.1) is 0 Å². The molecule has 0 aliphatic heterocycles. The number of nitrogen functional groups attached to an aromatic ring is 1. The minimum Gasteiger partial charge on any atom is -0.398 e. The summed E-state index contributed by atoms with van der Waals surface area (Å²) in [4.78, 5) is 12.5. The Kier molecular flexibility index (Phi) is 3.38. The molecule has 2 aromatic rings. The zero-order chi connectivity index (χ0) is 14.2. The number of anilines is 1. The van der Waals surface area contributed by atoms with Crippen molar-refractivity contribution < 1.29 is 9.18 Å². The van der Waals surface area contributed by atoms with E-state index < -0.39 is 0 Å². The molecule has 0 saturated heterocycles. The average molecular weight is 257 g/mol. The van der Waals surface area contributed by atoms with Gasteiger partial charge in [0.1, 0.15) is 5.82 Å². The average Bonchev–Trinajstić information content (AvgIpc) is 2.38. The van der Waals surface area contributed by atoms with E-state index in [-0.39, 0.29) is 11.6 Å². The van der Waals surface area contributed by atoms with E-state index in [1.807, 2.05) is 6.92 Å². The summed E-state index contributed by atoms with van der Waals surface area (Å²) < 4.78 is 13.6. The molecule has 2 rings (SSSR count). The van der Waals surface area contributed by atoms with Gasteiger partial charge in [-0.2, -0.15) is 0 Å². The molecule has 0 spiro atoms. The predicted octanol–water partition coefficient (Wildman–Crippen LogP) is 3.56. The first-order valence-corrected chi connectivity index (χ1v) is 6.08. The molecule has 0 radical (unpaired) electrons. The van der Waals surface area contributed by atoms with Gasteiger partial charge in [-0.25, -0.2) is 4.39 Å². The van der Waals surface area contributed by atoms with Gasteiger partial charge in [0, 0.05) is 16.8 Å². The Balaban J connectivity index is 2.53. The monoisotopic (exact) mass is 257 g/mol. The van der Waals surface area contributed by atoms with E-state index in [9.17, 15) is 9.18 Å². The number of halogens is 1. The lowest BCUT2D eigenvalue weighted by Crippen LogP contribution is -2.07. The zero-order valence-electron chi connectivity index (χ0n) is 11.3. The van der Waals surface area contributed by atoms with Crippen molar-refractivity contribution in [3.05, 3.63) is 64.0 Å². The van der Waals surface area contributed by atoms with E-state index in [2.05, 4.69) is 0 Å². The molecule has 0 aliphatic rings. The molecule has 0 unspecified atom stereocenters. The molecular weight excluding hydrogens is 241 g/mol. The molecule has 98 valence electrons. The van der Waals surface area contributed by atoms with Crippen molar-refractivity contribution in [2.45, 2.75) is 20.8 Å². The first kappa shape index (κ1) is 13.3. The molecule has 0 fully saturated rings. The Morgan fingerprint density at radius 3 is 2.26 bits per heavy atom. The first-order chi connectivity index (χ1) is 8.91. The van der Waals surface area contributed by atoms with Crippen LogP contribution in [0.2, 0.25) is 0 Å². The summed E-state index contributed by atoms with van der Waals surface area (Å²) in [5, 5.41) is 0. The summed E-state index contributed by atoms with van der Waals surface area (Å²) in [7, 11) is 0. The molecule has 0 heterocycles. The van der Waals surface area contributed by atoms with Crippen LogP contribution in [0, 0.1) is 26.6 Å². The highest BCUT2D eigenvalue weighted by Crippen LogP contribution is 2.22. The van der Waals surface area contributed by atoms with Crippen molar-refractivity contribution in [2.24, 2.45) is 0 Å². The quantitative estimate of drug-likeness (QED) is 0.660. The Hall–Kier alpha value is -2.16. The lowest BCUT2D eigenvalue weighted by molar-refractivity contribution is 0.103. The van der Waals surface area contributed by atoms with Gasteiger partial charge in [-0.1, -0.05) is 12.1 Å². The normalized spacial score (nSPS) is 10.5. The van der Waals surface area contributed by atoms with Crippen LogP contribution in [-0.2, 0) is 0 Å². The fraction of sp³-hybridized carbons (Fsp3) is 0.188. The first-order valence-electron chi connectivity index (χ1n) is 6.08. The maximum absolute atomic E-state index is 13.6. The van der Waals surface area contributed by atoms with Gasteiger partial charge in [0.25, 0.3) is 0 Å². The van der Waals surface area contributed by atoms with Crippen molar-refractivity contribution in [1.82, 2.24) is 0 Å². The third kappa shape index (κ3) is 2.36. The van der Waals surface area contributed by atoms with Crippen LogP contribution in [0.4, 0.5) is 10.1 Å². The van der Waals surface area contributed by atoms with E-state index in [1.54, 1.807) is 44.2 Å². The lowest BCUT2D eigenvalue weighted by atomic mass is 9.95. The molecule has 0 atom stereocenters. The molecule has 0 amide bonds. The molecule has 2 aromatic carbocycles. The molecule has 0 aliphatic carbocycles. The van der Waals surface area contributed by atoms with Gasteiger partial charge in [0.15, 0.2) is 5.78 Å². The molecule has 3 heteroatoms. The standard InChI is InChI=1S/C16H16FNO/c1-9-7-12(8-10(2)15(9)17)16(19)13-5-4-6-14(18)11(13)3/h4-8H,18H2,1-3H3. The van der Waals surface area contributed by atoms with Crippen LogP contribution in [0.5, 0.6) is 0 Å². The maximum Gasteiger partial charge on any atom is 0.193 e. The Labute approximate surface area is 112 Å². The number of rotatable bonds is 2. The molecule has 0 saturated carbocycles. The second kappa shape index (κ2) is 4.84. The smallest absolute Gasteiger partial charge is 0.193 e. The van der Waals surface area contributed by atoms with Gasteiger partial charge >= 0.3 is 0 Å². The molecular formula is C16H16FNO. The third-order valence-corrected chi connectivity index (χ3v) is 3.32. The summed E-state index contributed by atoms with van der Waals surface area (Å²) in [5.74, 6) is -0.392. The minimum atomic E-state index is -0.263. The number of ketones is 1. The van der Waals surface area contributed by atoms with Crippen molar-refractivity contribution in [3.63, 3.8) is 0 Å². The summed E-state index contributed by atoms with van der Waals surface area (Å²) in [5.41, 5.74) is 9.15. The Bertz CT molecular complexity index is 639. The van der Waals surface area contributed by atoms with Crippen molar-refractivity contribution >= 4 is 11.5 Å². The van der Waals surface area contributed by atoms with Crippen LogP contribution in [0.25, 0.3) is 0 Å². The fourth-order valence-electron chi connectivity index (χ4n) is 2.13. The molecule has 19 heavy (non-hydrogen) atoms. The van der Waals surface area contributed by atoms with E-state index in [0.717, 1.165) is 5.56 Å². The topological polar surface area (TPSA) is 43.1 Å². The van der Waals surface area contributed by atoms with Crippen LogP contribution in [-0.4, -0.2) is 5.78 Å². The Morgan fingerprint density at radius 1 is 1.11 bits per heavy atom. The number of carbonyl (C=O) groups excluding carboxylic acids is 1. The highest BCUT2D eigenvalue weighted by molar-refractivity contribution is 6.10. The van der Waals surface area contributed by atoms with Crippen LogP contribution in [0.1, 0.15) is 32.6 Å². The van der Waals surface area contributed by atoms with E-state index in [0.29, 0.717) is 27.9 Å². The van der Waals surface area contributed by atoms with Gasteiger partial charge in [-0.05, 0) is 55.7 Å². The summed E-state index contributed by atoms with van der Waals surface area (Å²) >= 11 is 0. The second-order valence-electron chi connectivity index (χ2n) is 4.77. The van der Waals surface area contributed by atoms with Crippen molar-refractivity contribution in [3.8, 4) is 0 Å². The minimum absolute atomic E-state index is 0.129. The highest BCUT2D eigenvalue weighted by atomic mass is 19.1. The number of carbonyl (C=O) groups is 1. The van der Waals surface area contributed by atoms with Gasteiger partial charge in [-0.15, -0.1) is 0 Å². The summed E-state index contributed by atoms with van der Waals surface area (Å²) in [6, 6.07) is 8.40. The Morgan fingerprint density at radius 2 is 1.68 bits per heavy atom. The number of hydrogen-bond donors (Lipinski definition) is 1. The molecule has 0 bridgehead atoms. The van der Waals surface area contributed by atoms with E-state index in [1.165, 1.54) is 0 Å². The summed E-state index contributed by atoms with van der Waals surface area (Å²) in [6.45, 7) is 5.13. The predicted molar refractivity (Wildman–Crippen MR) is 74.9 cm³/mol. The van der Waals surface area contributed by atoms with Gasteiger partial charge < -0.3 is 5.73 Å². The number of nitrogens with two attached hydrogens (primary N) is 1. The van der Waals surface area contributed by atoms with Crippen LogP contribution < -0.4 is 5.73 Å². The van der Waals surface area contributed by atoms with E-state index in [4.69, 9.17) is 5.73 Å². The van der Waals surface area contributed by atoms with Crippen LogP contribution in [0.3, 0.4) is 0 Å². The van der Waals surface area contributed by atoms with Gasteiger partial charge in [0.2, 0.25) is 0 Å². The second-order valence-corrected chi connectivity index (χ2v) is 4.77. The van der Waals surface area contributed by atoms with Gasteiger partial charge in [-0.3, -0.25) is 4.79 Å². The largest absolute Gasteiger partial charge is 0.398 e. The number of benzene rings is 2.